The third-order valence-electron chi connectivity index (χ3n) is 5.79. The standard InChI is InChI=1S/C28H23FN6O3S/c1-4-6-24(33-28(36)25-11-12-26(39-25)35(37)38)23-16-31-34(22-8-5-7-21(29)14-22)27(23)32-18(3)19-10-9-17(2)20(13-19)15-30/h5-14,16H,4H2,1-3H3,(H,33,36)/b24-6-,32-18+. The number of amides is 1. The molecule has 0 radical (unpaired) electrons. The smallest absolute Gasteiger partial charge is 0.321 e. The number of hydrogen-bond donors (Lipinski definition) is 1. The van der Waals surface area contributed by atoms with Crippen LogP contribution in [0.2, 0.25) is 0 Å². The maximum Gasteiger partial charge on any atom is 0.324 e. The second kappa shape index (κ2) is 11.6. The van der Waals surface area contributed by atoms with E-state index in [2.05, 4.69) is 16.5 Å². The minimum atomic E-state index is -0.550. The van der Waals surface area contributed by atoms with E-state index in [-0.39, 0.29) is 9.88 Å². The molecule has 9 nitrogen and oxygen atoms in total. The number of nitro groups is 1. The number of carbonyl (C=O) groups excluding carboxylic acids is 1. The number of allylic oxidation sites excluding steroid dienone is 1. The summed E-state index contributed by atoms with van der Waals surface area (Å²) in [7, 11) is 0. The number of halogens is 1. The topological polar surface area (TPSA) is 126 Å². The van der Waals surface area contributed by atoms with E-state index in [1.165, 1.54) is 35.1 Å². The molecule has 4 rings (SSSR count). The summed E-state index contributed by atoms with van der Waals surface area (Å²) in [5.74, 6) is -0.644. The zero-order valence-electron chi connectivity index (χ0n) is 21.3. The summed E-state index contributed by atoms with van der Waals surface area (Å²) < 4.78 is 15.6. The summed E-state index contributed by atoms with van der Waals surface area (Å²) in [5, 5.41) is 27.7. The highest BCUT2D eigenvalue weighted by Crippen LogP contribution is 2.31. The molecule has 1 N–H and O–H groups in total. The fourth-order valence-electron chi connectivity index (χ4n) is 3.79. The summed E-state index contributed by atoms with van der Waals surface area (Å²) in [6.45, 7) is 5.52. The van der Waals surface area contributed by atoms with Crippen molar-refractivity contribution in [1.29, 1.82) is 5.26 Å². The molecule has 0 aliphatic carbocycles. The third kappa shape index (κ3) is 5.97. The van der Waals surface area contributed by atoms with E-state index in [4.69, 9.17) is 4.99 Å². The van der Waals surface area contributed by atoms with Crippen LogP contribution >= 0.6 is 11.3 Å². The van der Waals surface area contributed by atoms with E-state index >= 15 is 0 Å². The van der Waals surface area contributed by atoms with Crippen molar-refractivity contribution < 1.29 is 14.1 Å². The lowest BCUT2D eigenvalue weighted by Gasteiger charge is -2.12. The number of nitriles is 1. The number of benzene rings is 2. The quantitative estimate of drug-likeness (QED) is 0.155. The number of aryl methyl sites for hydroxylation is 1. The molecule has 0 bridgehead atoms. The highest BCUT2D eigenvalue weighted by atomic mass is 32.1. The van der Waals surface area contributed by atoms with E-state index in [9.17, 15) is 24.6 Å². The van der Waals surface area contributed by atoms with Crippen LogP contribution < -0.4 is 5.32 Å². The predicted molar refractivity (Wildman–Crippen MR) is 148 cm³/mol. The van der Waals surface area contributed by atoms with Crippen molar-refractivity contribution in [2.45, 2.75) is 27.2 Å². The number of hydrogen-bond acceptors (Lipinski definition) is 7. The number of nitrogens with zero attached hydrogens (tertiary/aromatic N) is 5. The Hall–Kier alpha value is -4.95. The van der Waals surface area contributed by atoms with Crippen LogP contribution in [0.1, 0.15) is 52.2 Å². The lowest BCUT2D eigenvalue weighted by molar-refractivity contribution is -0.380. The Morgan fingerprint density at radius 1 is 1.28 bits per heavy atom. The lowest BCUT2D eigenvalue weighted by atomic mass is 10.0. The number of carbonyl (C=O) groups is 1. The molecule has 1 amide bonds. The van der Waals surface area contributed by atoms with Gasteiger partial charge >= 0.3 is 5.00 Å². The molecule has 0 saturated carbocycles. The van der Waals surface area contributed by atoms with Crippen molar-refractivity contribution >= 4 is 39.5 Å². The SMILES string of the molecule is CC/C=C(\NC(=O)c1ccc([N+](=O)[O-])s1)c1cnn(-c2cccc(F)c2)c1/N=C(\C)c1ccc(C)c(C#N)c1. The molecule has 39 heavy (non-hydrogen) atoms. The zero-order valence-corrected chi connectivity index (χ0v) is 22.1. The highest BCUT2D eigenvalue weighted by molar-refractivity contribution is 7.17. The normalized spacial score (nSPS) is 11.8. The molecule has 0 aliphatic heterocycles. The molecule has 2 aromatic heterocycles. The average molecular weight is 543 g/mol. The Balaban J connectivity index is 1.82. The van der Waals surface area contributed by atoms with Gasteiger partial charge in [-0.05, 0) is 61.7 Å². The van der Waals surface area contributed by atoms with Crippen LogP contribution in [0.4, 0.5) is 15.2 Å². The molecule has 0 atom stereocenters. The lowest BCUT2D eigenvalue weighted by Crippen LogP contribution is -2.21. The van der Waals surface area contributed by atoms with Gasteiger partial charge in [0.15, 0.2) is 5.82 Å². The van der Waals surface area contributed by atoms with Gasteiger partial charge in [0.05, 0.1) is 38.9 Å². The number of aromatic nitrogens is 2. The summed E-state index contributed by atoms with van der Waals surface area (Å²) >= 11 is 0.770. The van der Waals surface area contributed by atoms with E-state index in [1.807, 2.05) is 26.0 Å². The number of nitrogens with one attached hydrogen (secondary N) is 1. The van der Waals surface area contributed by atoms with Gasteiger partial charge in [0, 0.05) is 17.5 Å². The number of rotatable bonds is 8. The Morgan fingerprint density at radius 3 is 2.74 bits per heavy atom. The Kier molecular flexibility index (Phi) is 8.07. The van der Waals surface area contributed by atoms with Gasteiger partial charge in [0.2, 0.25) is 0 Å². The molecule has 0 unspecified atom stereocenters. The van der Waals surface area contributed by atoms with Crippen LogP contribution in [0.3, 0.4) is 0 Å². The fourth-order valence-corrected chi connectivity index (χ4v) is 4.51. The van der Waals surface area contributed by atoms with Gasteiger partial charge in [-0.3, -0.25) is 14.9 Å². The van der Waals surface area contributed by atoms with Crippen LogP contribution in [0, 0.1) is 34.2 Å². The monoisotopic (exact) mass is 542 g/mol. The fraction of sp³-hybridized carbons (Fsp3) is 0.143. The van der Waals surface area contributed by atoms with Crippen molar-refractivity contribution in [2.24, 2.45) is 4.99 Å². The van der Waals surface area contributed by atoms with E-state index < -0.39 is 16.6 Å². The van der Waals surface area contributed by atoms with E-state index in [1.54, 1.807) is 31.2 Å². The minimum absolute atomic E-state index is 0.143. The van der Waals surface area contributed by atoms with Gasteiger partial charge in [-0.1, -0.05) is 42.5 Å². The zero-order chi connectivity index (χ0) is 28.1. The largest absolute Gasteiger partial charge is 0.324 e. The van der Waals surface area contributed by atoms with Crippen LogP contribution in [0.25, 0.3) is 11.4 Å². The van der Waals surface area contributed by atoms with Crippen LogP contribution in [-0.2, 0) is 0 Å². The van der Waals surface area contributed by atoms with Crippen molar-refractivity contribution in [3.63, 3.8) is 0 Å². The number of thiophene rings is 1. The first kappa shape index (κ1) is 27.1. The van der Waals surface area contributed by atoms with Gasteiger partial charge in [-0.25, -0.2) is 14.1 Å². The van der Waals surface area contributed by atoms with Gasteiger partial charge < -0.3 is 5.32 Å². The van der Waals surface area contributed by atoms with Gasteiger partial charge in [-0.2, -0.15) is 10.4 Å². The van der Waals surface area contributed by atoms with Crippen molar-refractivity contribution in [2.75, 3.05) is 0 Å². The first-order valence-corrected chi connectivity index (χ1v) is 12.7. The first-order valence-electron chi connectivity index (χ1n) is 11.9. The van der Waals surface area contributed by atoms with Crippen molar-refractivity contribution in [3.05, 3.63) is 110 Å². The molecule has 2 heterocycles. The van der Waals surface area contributed by atoms with Crippen LogP contribution in [0.5, 0.6) is 0 Å². The number of aliphatic imine (C=N–C) groups is 1. The van der Waals surface area contributed by atoms with Gasteiger partial charge in [0.25, 0.3) is 5.91 Å². The third-order valence-corrected chi connectivity index (χ3v) is 6.82. The Morgan fingerprint density at radius 2 is 2.08 bits per heavy atom. The molecule has 0 fully saturated rings. The summed E-state index contributed by atoms with van der Waals surface area (Å²) in [6.07, 6.45) is 3.85. The Labute approximate surface area is 227 Å². The molecule has 0 aliphatic rings. The summed E-state index contributed by atoms with van der Waals surface area (Å²) in [6, 6.07) is 16.1. The molecule has 0 spiro atoms. The minimum Gasteiger partial charge on any atom is -0.321 e. The molecule has 196 valence electrons. The molecule has 2 aromatic carbocycles. The van der Waals surface area contributed by atoms with E-state index in [0.29, 0.717) is 46.0 Å². The maximum atomic E-state index is 14.1. The van der Waals surface area contributed by atoms with Gasteiger partial charge in [0.1, 0.15) is 5.82 Å². The van der Waals surface area contributed by atoms with E-state index in [0.717, 1.165) is 16.9 Å². The summed E-state index contributed by atoms with van der Waals surface area (Å²) in [4.78, 5) is 28.5. The molecular formula is C28H23FN6O3S. The molecule has 0 saturated heterocycles. The van der Waals surface area contributed by atoms with Crippen LogP contribution in [0.15, 0.2) is 71.9 Å². The highest BCUT2D eigenvalue weighted by Gasteiger charge is 2.21. The summed E-state index contributed by atoms with van der Waals surface area (Å²) in [5.41, 5.74) is 3.93. The van der Waals surface area contributed by atoms with Crippen LogP contribution in [-0.4, -0.2) is 26.3 Å². The first-order chi connectivity index (χ1) is 18.7. The van der Waals surface area contributed by atoms with Gasteiger partial charge in [-0.15, -0.1) is 0 Å². The maximum absolute atomic E-state index is 14.1. The predicted octanol–water partition coefficient (Wildman–Crippen LogP) is 6.48. The molecule has 11 heteroatoms. The Bertz CT molecular complexity index is 1680. The second-order valence-electron chi connectivity index (χ2n) is 8.49. The van der Waals surface area contributed by atoms with Crippen molar-refractivity contribution in [1.82, 2.24) is 15.1 Å². The molecular weight excluding hydrogens is 519 g/mol. The van der Waals surface area contributed by atoms with Crippen molar-refractivity contribution in [3.8, 4) is 11.8 Å². The second-order valence-corrected chi connectivity index (χ2v) is 9.55. The average Bonchev–Trinajstić information content (AvgIpc) is 3.57. The molecule has 4 aromatic rings.